The molecule has 60 valence electrons. The van der Waals surface area contributed by atoms with E-state index < -0.39 is 6.09 Å². The quantitative estimate of drug-likeness (QED) is 0.589. The van der Waals surface area contributed by atoms with Gasteiger partial charge in [-0.25, -0.2) is 4.79 Å². The predicted molar refractivity (Wildman–Crippen MR) is 38.2 cm³/mol. The van der Waals surface area contributed by atoms with Crippen LogP contribution in [0.5, 0.6) is 0 Å². The number of carbonyl (C=O) groups is 1. The fourth-order valence-corrected chi connectivity index (χ4v) is 0.766. The van der Waals surface area contributed by atoms with Crippen molar-refractivity contribution in [1.29, 1.82) is 0 Å². The Bertz CT molecular complexity index is 232. The van der Waals surface area contributed by atoms with Crippen molar-refractivity contribution < 1.29 is 9.90 Å². The third kappa shape index (κ3) is 1.96. The second-order valence-electron chi connectivity index (χ2n) is 2.20. The van der Waals surface area contributed by atoms with Crippen LogP contribution in [0.4, 0.5) is 4.79 Å². The summed E-state index contributed by atoms with van der Waals surface area (Å²) in [6.07, 6.45) is 2.21. The molecule has 11 heavy (non-hydrogen) atoms. The standard InChI is InChI=1S/C6H9N3O2/c1-4(9-6(10)11)5-2-7-8-3-5/h2-4,9H,1H3,(H,7,8)(H,10,11). The first kappa shape index (κ1) is 7.59. The molecule has 1 unspecified atom stereocenters. The molecule has 0 bridgehead atoms. The van der Waals surface area contributed by atoms with Crippen molar-refractivity contribution in [1.82, 2.24) is 15.5 Å². The van der Waals surface area contributed by atoms with Gasteiger partial charge in [0, 0.05) is 11.8 Å². The molecule has 0 saturated heterocycles. The van der Waals surface area contributed by atoms with Crippen LogP contribution in [0.25, 0.3) is 0 Å². The summed E-state index contributed by atoms with van der Waals surface area (Å²) in [6.45, 7) is 1.75. The Morgan fingerprint density at radius 1 is 1.91 bits per heavy atom. The van der Waals surface area contributed by atoms with Gasteiger partial charge in [-0.3, -0.25) is 5.10 Å². The highest BCUT2D eigenvalue weighted by Gasteiger charge is 2.07. The topological polar surface area (TPSA) is 78.0 Å². The van der Waals surface area contributed by atoms with E-state index in [1.54, 1.807) is 19.3 Å². The number of nitrogens with zero attached hydrogens (tertiary/aromatic N) is 1. The first-order chi connectivity index (χ1) is 5.20. The minimum Gasteiger partial charge on any atom is -0.465 e. The molecule has 0 radical (unpaired) electrons. The zero-order valence-electron chi connectivity index (χ0n) is 6.03. The summed E-state index contributed by atoms with van der Waals surface area (Å²) in [5, 5.41) is 16.9. The summed E-state index contributed by atoms with van der Waals surface area (Å²) in [7, 11) is 0. The Balaban J connectivity index is 2.56. The summed E-state index contributed by atoms with van der Waals surface area (Å²) in [4.78, 5) is 10.2. The van der Waals surface area contributed by atoms with Gasteiger partial charge in [0.1, 0.15) is 0 Å². The minimum absolute atomic E-state index is 0.216. The number of carboxylic acid groups (broad SMARTS) is 1. The summed E-state index contributed by atoms with van der Waals surface area (Å²) in [5.41, 5.74) is 0.826. The monoisotopic (exact) mass is 155 g/mol. The van der Waals surface area contributed by atoms with Crippen LogP contribution < -0.4 is 5.32 Å². The fraction of sp³-hybridized carbons (Fsp3) is 0.333. The Kier molecular flexibility index (Phi) is 2.10. The molecule has 0 aliphatic rings. The fourth-order valence-electron chi connectivity index (χ4n) is 0.766. The van der Waals surface area contributed by atoms with E-state index in [0.717, 1.165) is 5.56 Å². The van der Waals surface area contributed by atoms with Crippen LogP contribution in [0.3, 0.4) is 0 Å². The summed E-state index contributed by atoms with van der Waals surface area (Å²) >= 11 is 0. The van der Waals surface area contributed by atoms with Crippen molar-refractivity contribution in [2.45, 2.75) is 13.0 Å². The van der Waals surface area contributed by atoms with Crippen LogP contribution in [-0.2, 0) is 0 Å². The molecule has 1 heterocycles. The smallest absolute Gasteiger partial charge is 0.405 e. The number of aromatic amines is 1. The molecule has 0 aliphatic heterocycles. The van der Waals surface area contributed by atoms with Gasteiger partial charge < -0.3 is 10.4 Å². The maximum absolute atomic E-state index is 10.2. The van der Waals surface area contributed by atoms with Gasteiger partial charge in [0.25, 0.3) is 0 Å². The lowest BCUT2D eigenvalue weighted by Crippen LogP contribution is -2.23. The number of amides is 1. The van der Waals surface area contributed by atoms with E-state index in [9.17, 15) is 4.79 Å². The van der Waals surface area contributed by atoms with Crippen molar-refractivity contribution in [3.05, 3.63) is 18.0 Å². The lowest BCUT2D eigenvalue weighted by atomic mass is 10.2. The maximum Gasteiger partial charge on any atom is 0.405 e. The first-order valence-corrected chi connectivity index (χ1v) is 3.18. The van der Waals surface area contributed by atoms with E-state index in [0.29, 0.717) is 0 Å². The minimum atomic E-state index is -1.03. The lowest BCUT2D eigenvalue weighted by Gasteiger charge is -2.07. The zero-order valence-corrected chi connectivity index (χ0v) is 6.03. The second kappa shape index (κ2) is 3.05. The highest BCUT2D eigenvalue weighted by atomic mass is 16.4. The molecular formula is C6H9N3O2. The van der Waals surface area contributed by atoms with Crippen LogP contribution in [0.2, 0.25) is 0 Å². The van der Waals surface area contributed by atoms with Gasteiger partial charge in [-0.2, -0.15) is 5.10 Å². The number of H-pyrrole nitrogens is 1. The third-order valence-corrected chi connectivity index (χ3v) is 1.36. The molecule has 5 heteroatoms. The largest absolute Gasteiger partial charge is 0.465 e. The molecule has 1 atom stereocenters. The highest BCUT2D eigenvalue weighted by Crippen LogP contribution is 2.07. The van der Waals surface area contributed by atoms with Crippen molar-refractivity contribution in [3.63, 3.8) is 0 Å². The molecule has 0 aromatic carbocycles. The average molecular weight is 155 g/mol. The molecule has 3 N–H and O–H groups in total. The Hall–Kier alpha value is -1.52. The van der Waals surface area contributed by atoms with Crippen molar-refractivity contribution in [2.75, 3.05) is 0 Å². The van der Waals surface area contributed by atoms with E-state index in [-0.39, 0.29) is 6.04 Å². The van der Waals surface area contributed by atoms with Gasteiger partial charge in [0.2, 0.25) is 0 Å². The number of rotatable bonds is 2. The first-order valence-electron chi connectivity index (χ1n) is 3.18. The Morgan fingerprint density at radius 2 is 2.64 bits per heavy atom. The van der Waals surface area contributed by atoms with Crippen LogP contribution >= 0.6 is 0 Å². The maximum atomic E-state index is 10.2. The van der Waals surface area contributed by atoms with Gasteiger partial charge in [-0.15, -0.1) is 0 Å². The number of hydrogen-bond acceptors (Lipinski definition) is 2. The molecule has 0 aliphatic carbocycles. The number of nitrogens with one attached hydrogen (secondary N) is 2. The predicted octanol–water partition coefficient (Wildman–Crippen LogP) is 0.738. The molecule has 5 nitrogen and oxygen atoms in total. The molecule has 1 aromatic heterocycles. The molecule has 0 saturated carbocycles. The SMILES string of the molecule is CC(NC(=O)O)c1cn[nH]c1. The normalized spacial score (nSPS) is 12.5. The molecule has 0 fully saturated rings. The van der Waals surface area contributed by atoms with Crippen molar-refractivity contribution in [3.8, 4) is 0 Å². The molecule has 1 aromatic rings. The van der Waals surface area contributed by atoms with E-state index in [1.165, 1.54) is 0 Å². The molecule has 1 rings (SSSR count). The lowest BCUT2D eigenvalue weighted by molar-refractivity contribution is 0.191. The Morgan fingerprint density at radius 3 is 3.09 bits per heavy atom. The summed E-state index contributed by atoms with van der Waals surface area (Å²) in [6, 6.07) is -0.216. The summed E-state index contributed by atoms with van der Waals surface area (Å²) < 4.78 is 0. The van der Waals surface area contributed by atoms with Crippen LogP contribution in [-0.4, -0.2) is 21.4 Å². The number of hydrogen-bond donors (Lipinski definition) is 3. The average Bonchev–Trinajstić information content (AvgIpc) is 2.35. The van der Waals surface area contributed by atoms with Gasteiger partial charge in [0.05, 0.1) is 12.2 Å². The van der Waals surface area contributed by atoms with Crippen molar-refractivity contribution >= 4 is 6.09 Å². The van der Waals surface area contributed by atoms with Crippen LogP contribution in [0, 0.1) is 0 Å². The van der Waals surface area contributed by atoms with Crippen LogP contribution in [0.15, 0.2) is 12.4 Å². The van der Waals surface area contributed by atoms with E-state index in [4.69, 9.17) is 5.11 Å². The van der Waals surface area contributed by atoms with Gasteiger partial charge >= 0.3 is 6.09 Å². The number of aromatic nitrogens is 2. The van der Waals surface area contributed by atoms with Gasteiger partial charge in [-0.1, -0.05) is 0 Å². The van der Waals surface area contributed by atoms with E-state index in [1.807, 2.05) is 0 Å². The molecule has 1 amide bonds. The van der Waals surface area contributed by atoms with Crippen LogP contribution in [0.1, 0.15) is 18.5 Å². The molecule has 0 spiro atoms. The third-order valence-electron chi connectivity index (χ3n) is 1.36. The van der Waals surface area contributed by atoms with E-state index >= 15 is 0 Å². The highest BCUT2D eigenvalue weighted by molar-refractivity contribution is 5.65. The zero-order chi connectivity index (χ0) is 8.27. The Labute approximate surface area is 63.4 Å². The van der Waals surface area contributed by atoms with Gasteiger partial charge in [0.15, 0.2) is 0 Å². The summed E-state index contributed by atoms with van der Waals surface area (Å²) in [5.74, 6) is 0. The van der Waals surface area contributed by atoms with Gasteiger partial charge in [-0.05, 0) is 6.92 Å². The second-order valence-corrected chi connectivity index (χ2v) is 2.20. The van der Waals surface area contributed by atoms with Crippen molar-refractivity contribution in [2.24, 2.45) is 0 Å². The molecular weight excluding hydrogens is 146 g/mol. The van der Waals surface area contributed by atoms with E-state index in [2.05, 4.69) is 15.5 Å².